The second kappa shape index (κ2) is 2.27. The molecule has 0 unspecified atom stereocenters. The fourth-order valence-corrected chi connectivity index (χ4v) is 0.970. The van der Waals surface area contributed by atoms with Gasteiger partial charge in [0.05, 0.1) is 0 Å². The molecule has 10 heavy (non-hydrogen) atoms. The smallest absolute Gasteiger partial charge is 0.173 e. The van der Waals surface area contributed by atoms with E-state index < -0.39 is 0 Å². The van der Waals surface area contributed by atoms with Gasteiger partial charge in [-0.3, -0.25) is 4.99 Å². The molecule has 2 aliphatic rings. The van der Waals surface area contributed by atoms with Gasteiger partial charge in [-0.05, 0) is 6.42 Å². The number of hydrogen-bond acceptors (Lipinski definition) is 3. The summed E-state index contributed by atoms with van der Waals surface area (Å²) in [5.41, 5.74) is 3.77. The van der Waals surface area contributed by atoms with Crippen molar-refractivity contribution in [1.29, 1.82) is 0 Å². The summed E-state index contributed by atoms with van der Waals surface area (Å²) < 4.78 is 0. The van der Waals surface area contributed by atoms with Crippen LogP contribution in [-0.4, -0.2) is 12.8 Å². The van der Waals surface area contributed by atoms with E-state index in [2.05, 4.69) is 16.5 Å². The molecule has 0 aromatic rings. The summed E-state index contributed by atoms with van der Waals surface area (Å²) >= 11 is 0. The largest absolute Gasteiger partial charge is 0.406 e. The number of allylic oxidation sites excluding steroid dienone is 1. The van der Waals surface area contributed by atoms with Crippen molar-refractivity contribution in [2.75, 3.05) is 6.54 Å². The van der Waals surface area contributed by atoms with Gasteiger partial charge in [-0.1, -0.05) is 6.08 Å². The predicted octanol–water partition coefficient (Wildman–Crippen LogP) is 0.764. The second-order valence-corrected chi connectivity index (χ2v) is 2.18. The number of nitrogens with one attached hydrogen (secondary N) is 1. The molecule has 0 aliphatic carbocycles. The Morgan fingerprint density at radius 2 is 2.60 bits per heavy atom. The Labute approximate surface area is 59.1 Å². The molecular weight excluding hydrogens is 128 g/mol. The van der Waals surface area contributed by atoms with E-state index in [0.29, 0.717) is 0 Å². The van der Waals surface area contributed by atoms with Gasteiger partial charge in [-0.25, -0.2) is 0 Å². The zero-order chi connectivity index (χ0) is 6.81. The summed E-state index contributed by atoms with van der Waals surface area (Å²) in [7, 11) is 0. The molecule has 52 valence electrons. The van der Waals surface area contributed by atoms with Gasteiger partial charge in [-0.15, -0.1) is 0 Å². The lowest BCUT2D eigenvalue weighted by Crippen LogP contribution is -2.12. The summed E-state index contributed by atoms with van der Waals surface area (Å²) in [6, 6.07) is 0. The monoisotopic (exact) mass is 136 g/mol. The fraction of sp³-hybridized carbons (Fsp3) is 0.286. The Hall–Kier alpha value is -1.09. The molecule has 3 heteroatoms. The summed E-state index contributed by atoms with van der Waals surface area (Å²) in [6.45, 7) is 0.858. The molecule has 0 spiro atoms. The molecule has 2 rings (SSSR count). The number of hydroxylamine groups is 1. The van der Waals surface area contributed by atoms with E-state index in [1.807, 2.05) is 6.08 Å². The van der Waals surface area contributed by atoms with E-state index >= 15 is 0 Å². The first-order chi connectivity index (χ1) is 4.97. The van der Waals surface area contributed by atoms with E-state index in [1.54, 1.807) is 6.21 Å². The first kappa shape index (κ1) is 5.68. The topological polar surface area (TPSA) is 33.6 Å². The van der Waals surface area contributed by atoms with Gasteiger partial charge < -0.3 is 4.84 Å². The first-order valence-electron chi connectivity index (χ1n) is 3.31. The fourth-order valence-electron chi connectivity index (χ4n) is 0.970. The first-order valence-corrected chi connectivity index (χ1v) is 3.31. The Balaban J connectivity index is 2.28. The van der Waals surface area contributed by atoms with Crippen molar-refractivity contribution in [2.24, 2.45) is 4.99 Å². The van der Waals surface area contributed by atoms with Crippen LogP contribution in [0.25, 0.3) is 0 Å². The molecule has 0 fully saturated rings. The number of fused-ring (bicyclic) bond motifs is 1. The molecule has 0 bridgehead atoms. The maximum absolute atomic E-state index is 5.14. The highest BCUT2D eigenvalue weighted by Crippen LogP contribution is 2.18. The van der Waals surface area contributed by atoms with Crippen LogP contribution in [0.4, 0.5) is 0 Å². The molecule has 2 heterocycles. The van der Waals surface area contributed by atoms with Gasteiger partial charge in [-0.2, -0.15) is 5.48 Å². The zero-order valence-electron chi connectivity index (χ0n) is 5.50. The van der Waals surface area contributed by atoms with Crippen molar-refractivity contribution in [3.8, 4) is 0 Å². The molecular formula is C7H8N2O. The third kappa shape index (κ3) is 0.844. The van der Waals surface area contributed by atoms with Crippen molar-refractivity contribution < 1.29 is 4.84 Å². The maximum Gasteiger partial charge on any atom is 0.173 e. The van der Waals surface area contributed by atoms with Crippen molar-refractivity contribution in [3.63, 3.8) is 0 Å². The number of hydrogen-bond donors (Lipinski definition) is 1. The Morgan fingerprint density at radius 3 is 3.60 bits per heavy atom. The van der Waals surface area contributed by atoms with Crippen LogP contribution in [0.5, 0.6) is 0 Å². The highest BCUT2D eigenvalue weighted by Gasteiger charge is 2.11. The predicted molar refractivity (Wildman–Crippen MR) is 38.4 cm³/mol. The van der Waals surface area contributed by atoms with Gasteiger partial charge in [0.25, 0.3) is 0 Å². The van der Waals surface area contributed by atoms with Crippen molar-refractivity contribution in [1.82, 2.24) is 5.48 Å². The number of rotatable bonds is 0. The van der Waals surface area contributed by atoms with Crippen LogP contribution in [0.15, 0.2) is 28.6 Å². The lowest BCUT2D eigenvalue weighted by molar-refractivity contribution is 0.118. The summed E-state index contributed by atoms with van der Waals surface area (Å²) in [6.07, 6.45) is 6.64. The van der Waals surface area contributed by atoms with Crippen LogP contribution in [0.1, 0.15) is 6.42 Å². The molecule has 3 nitrogen and oxygen atoms in total. The zero-order valence-corrected chi connectivity index (χ0v) is 5.50. The Morgan fingerprint density at radius 1 is 1.60 bits per heavy atom. The van der Waals surface area contributed by atoms with E-state index in [1.165, 1.54) is 0 Å². The molecule has 0 radical (unpaired) electrons. The molecule has 0 saturated heterocycles. The quantitative estimate of drug-likeness (QED) is 0.533. The normalized spacial score (nSPS) is 22.4. The standard InChI is InChI=1S/C7H8N2O/c1-2-6-7(3-5-8-6)10-9-4-1/h2-3,5,9H,1,4H2. The molecule has 2 aliphatic heterocycles. The Kier molecular flexibility index (Phi) is 1.29. The molecule has 0 atom stereocenters. The van der Waals surface area contributed by atoms with Crippen LogP contribution in [0.2, 0.25) is 0 Å². The van der Waals surface area contributed by atoms with Crippen LogP contribution in [0, 0.1) is 0 Å². The van der Waals surface area contributed by atoms with Crippen LogP contribution < -0.4 is 5.48 Å². The highest BCUT2D eigenvalue weighted by atomic mass is 16.6. The van der Waals surface area contributed by atoms with Crippen molar-refractivity contribution in [3.05, 3.63) is 23.6 Å². The number of nitrogens with zero attached hydrogens (tertiary/aromatic N) is 1. The van der Waals surface area contributed by atoms with Crippen LogP contribution in [0.3, 0.4) is 0 Å². The van der Waals surface area contributed by atoms with Gasteiger partial charge >= 0.3 is 0 Å². The third-order valence-electron chi connectivity index (χ3n) is 1.46. The van der Waals surface area contributed by atoms with Crippen LogP contribution >= 0.6 is 0 Å². The average Bonchev–Trinajstić information content (AvgIpc) is 2.28. The minimum Gasteiger partial charge on any atom is -0.406 e. The van der Waals surface area contributed by atoms with E-state index in [4.69, 9.17) is 4.84 Å². The molecule has 0 aromatic carbocycles. The molecule has 0 aromatic heterocycles. The van der Waals surface area contributed by atoms with E-state index in [9.17, 15) is 0 Å². The molecule has 1 N–H and O–H groups in total. The lowest BCUT2D eigenvalue weighted by Gasteiger charge is -2.01. The van der Waals surface area contributed by atoms with Crippen LogP contribution in [-0.2, 0) is 4.84 Å². The van der Waals surface area contributed by atoms with Crippen molar-refractivity contribution in [2.45, 2.75) is 6.42 Å². The lowest BCUT2D eigenvalue weighted by atomic mass is 10.3. The third-order valence-corrected chi connectivity index (χ3v) is 1.46. The number of aliphatic imine (C=N–C) groups is 1. The van der Waals surface area contributed by atoms with Gasteiger partial charge in [0.2, 0.25) is 0 Å². The minimum absolute atomic E-state index is 0.831. The second-order valence-electron chi connectivity index (χ2n) is 2.18. The maximum atomic E-state index is 5.14. The van der Waals surface area contributed by atoms with Gasteiger partial charge in [0, 0.05) is 18.8 Å². The van der Waals surface area contributed by atoms with Gasteiger partial charge in [0.15, 0.2) is 5.76 Å². The van der Waals surface area contributed by atoms with Crippen molar-refractivity contribution >= 4 is 6.21 Å². The van der Waals surface area contributed by atoms with E-state index in [0.717, 1.165) is 24.4 Å². The SMILES string of the molecule is C1=NC2=CCCNOC2=C1. The van der Waals surface area contributed by atoms with E-state index in [-0.39, 0.29) is 0 Å². The molecule has 0 saturated carbocycles. The van der Waals surface area contributed by atoms with Gasteiger partial charge in [0.1, 0.15) is 5.70 Å². The summed E-state index contributed by atoms with van der Waals surface area (Å²) in [4.78, 5) is 9.24. The Bertz CT molecular complexity index is 228. The minimum atomic E-state index is 0.831. The summed E-state index contributed by atoms with van der Waals surface area (Å²) in [5.74, 6) is 0.831. The molecule has 0 amide bonds. The summed E-state index contributed by atoms with van der Waals surface area (Å²) in [5, 5.41) is 0. The highest BCUT2D eigenvalue weighted by molar-refractivity contribution is 5.78. The average molecular weight is 136 g/mol.